The maximum absolute atomic E-state index is 10.5. The van der Waals surface area contributed by atoms with Crippen LogP contribution in [0.15, 0.2) is 30.3 Å². The highest BCUT2D eigenvalue weighted by atomic mass is 35.5. The van der Waals surface area contributed by atoms with E-state index in [2.05, 4.69) is 0 Å². The van der Waals surface area contributed by atoms with Crippen molar-refractivity contribution < 1.29 is 4.21 Å². The Morgan fingerprint density at radius 3 is 2.43 bits per heavy atom. The van der Waals surface area contributed by atoms with Crippen LogP contribution in [0.3, 0.4) is 0 Å². The van der Waals surface area contributed by atoms with Gasteiger partial charge in [-0.3, -0.25) is 0 Å². The molecule has 0 N–H and O–H groups in total. The first-order chi connectivity index (χ1) is 6.79. The lowest BCUT2D eigenvalue weighted by molar-refractivity contribution is 0.700. The predicted molar refractivity (Wildman–Crippen MR) is 64.0 cm³/mol. The third kappa shape index (κ3) is 2.15. The molecular weight excluding hydrogens is 256 g/mol. The van der Waals surface area contributed by atoms with Crippen LogP contribution in [-0.4, -0.2) is 4.21 Å². The maximum atomic E-state index is 10.5. The van der Waals surface area contributed by atoms with E-state index in [-0.39, 0.29) is 0 Å². The summed E-state index contributed by atoms with van der Waals surface area (Å²) in [6.45, 7) is 0. The summed E-state index contributed by atoms with van der Waals surface area (Å²) in [6.07, 6.45) is 0. The van der Waals surface area contributed by atoms with Crippen molar-refractivity contribution >= 4 is 43.5 Å². The van der Waals surface area contributed by atoms with Crippen molar-refractivity contribution in [1.29, 1.82) is 0 Å². The topological polar surface area (TPSA) is 17.1 Å². The monoisotopic (exact) mass is 260 g/mol. The van der Waals surface area contributed by atoms with Gasteiger partial charge in [-0.2, -0.15) is 0 Å². The van der Waals surface area contributed by atoms with Gasteiger partial charge in [0.25, 0.3) is 0 Å². The minimum absolute atomic E-state index is 0.540. The Kier molecular flexibility index (Phi) is 3.18. The van der Waals surface area contributed by atoms with E-state index in [4.69, 9.17) is 11.6 Å². The number of benzene rings is 1. The van der Waals surface area contributed by atoms with Crippen LogP contribution >= 0.6 is 32.3 Å². The molecule has 1 nitrogen and oxygen atoms in total. The van der Waals surface area contributed by atoms with Gasteiger partial charge in [-0.25, -0.2) is 4.21 Å². The van der Waals surface area contributed by atoms with Gasteiger partial charge in [-0.05, 0) is 23.8 Å². The summed E-state index contributed by atoms with van der Waals surface area (Å²) in [7, 11) is 3.12. The number of hydrogen-bond acceptors (Lipinski definition) is 3. The van der Waals surface area contributed by atoms with Gasteiger partial charge < -0.3 is 0 Å². The molecule has 1 aromatic carbocycles. The standard InChI is InChI=1S/C9H5ClOS3/c10-7-3-1-6(2-4-7)8-5-9(12-11)14-13-8/h1-5H. The SMILES string of the molecule is O=S=c1cc(-c2ccc(Cl)cc2)ss1. The summed E-state index contributed by atoms with van der Waals surface area (Å²) >= 11 is 6.32. The number of halogens is 1. The molecule has 0 unspecified atom stereocenters. The summed E-state index contributed by atoms with van der Waals surface area (Å²) in [5.41, 5.74) is 1.11. The van der Waals surface area contributed by atoms with E-state index in [1.807, 2.05) is 30.3 Å². The molecular formula is C9H5ClOS3. The summed E-state index contributed by atoms with van der Waals surface area (Å²) in [5, 5.41) is 0.729. The second-order valence-corrected chi connectivity index (χ2v) is 6.10. The van der Waals surface area contributed by atoms with Crippen molar-refractivity contribution in [2.45, 2.75) is 0 Å². The lowest BCUT2D eigenvalue weighted by atomic mass is 10.2. The Morgan fingerprint density at radius 2 is 1.86 bits per heavy atom. The maximum Gasteiger partial charge on any atom is 0.132 e. The smallest absolute Gasteiger partial charge is 0.132 e. The molecule has 0 bridgehead atoms. The Labute approximate surface area is 97.1 Å². The zero-order chi connectivity index (χ0) is 9.97. The molecule has 0 saturated heterocycles. The fourth-order valence-corrected chi connectivity index (χ4v) is 3.96. The first kappa shape index (κ1) is 10.1. The molecule has 2 aromatic rings. The lowest BCUT2D eigenvalue weighted by Crippen LogP contribution is -1.70. The van der Waals surface area contributed by atoms with Crippen molar-refractivity contribution in [2.75, 3.05) is 0 Å². The molecule has 0 amide bonds. The molecule has 0 fully saturated rings. The average Bonchev–Trinajstić information content (AvgIpc) is 2.67. The molecule has 0 aliphatic heterocycles. The molecule has 0 saturated carbocycles. The Hall–Kier alpha value is -0.420. The first-order valence-electron chi connectivity index (χ1n) is 3.78. The van der Waals surface area contributed by atoms with Crippen LogP contribution in [0.2, 0.25) is 5.02 Å². The predicted octanol–water partition coefficient (Wildman–Crippen LogP) is 3.87. The zero-order valence-electron chi connectivity index (χ0n) is 6.90. The van der Waals surface area contributed by atoms with E-state index in [0.717, 1.165) is 19.3 Å². The molecule has 0 aliphatic rings. The first-order valence-corrected chi connectivity index (χ1v) is 7.05. The van der Waals surface area contributed by atoms with Gasteiger partial charge in [0.05, 0.1) is 0 Å². The quantitative estimate of drug-likeness (QED) is 0.562. The average molecular weight is 261 g/mol. The third-order valence-corrected chi connectivity index (χ3v) is 5.20. The Bertz CT molecular complexity index is 519. The van der Waals surface area contributed by atoms with Gasteiger partial charge in [-0.1, -0.05) is 44.4 Å². The lowest BCUT2D eigenvalue weighted by Gasteiger charge is -1.95. The molecule has 72 valence electrons. The van der Waals surface area contributed by atoms with E-state index >= 15 is 0 Å². The van der Waals surface area contributed by atoms with Crippen LogP contribution < -0.4 is 0 Å². The van der Waals surface area contributed by atoms with Crippen LogP contribution in [-0.2, 0) is 11.3 Å². The van der Waals surface area contributed by atoms with Crippen molar-refractivity contribution in [3.8, 4) is 10.4 Å². The minimum Gasteiger partial charge on any atom is -0.211 e. The largest absolute Gasteiger partial charge is 0.211 e. The van der Waals surface area contributed by atoms with Crippen molar-refractivity contribution in [3.63, 3.8) is 0 Å². The molecule has 1 aromatic heterocycles. The highest BCUT2D eigenvalue weighted by Gasteiger charge is 1.99. The van der Waals surface area contributed by atoms with Crippen molar-refractivity contribution in [3.05, 3.63) is 39.2 Å². The van der Waals surface area contributed by atoms with Crippen LogP contribution in [0.1, 0.15) is 0 Å². The number of rotatable bonds is 1. The van der Waals surface area contributed by atoms with Gasteiger partial charge in [0, 0.05) is 9.90 Å². The zero-order valence-corrected chi connectivity index (χ0v) is 10.1. The number of hydrogen-bond donors (Lipinski definition) is 0. The van der Waals surface area contributed by atoms with E-state index in [9.17, 15) is 4.21 Å². The molecule has 1 heterocycles. The second-order valence-electron chi connectivity index (χ2n) is 2.58. The van der Waals surface area contributed by atoms with Crippen LogP contribution in [0.25, 0.3) is 10.4 Å². The van der Waals surface area contributed by atoms with Crippen LogP contribution in [0.4, 0.5) is 0 Å². The second kappa shape index (κ2) is 4.40. The molecule has 2 rings (SSSR count). The van der Waals surface area contributed by atoms with Gasteiger partial charge in [0.2, 0.25) is 0 Å². The van der Waals surface area contributed by atoms with Gasteiger partial charge in [0.15, 0.2) is 0 Å². The Morgan fingerprint density at radius 1 is 1.14 bits per heavy atom. The normalized spacial score (nSPS) is 10.1. The van der Waals surface area contributed by atoms with Crippen LogP contribution in [0.5, 0.6) is 0 Å². The van der Waals surface area contributed by atoms with E-state index in [0.29, 0.717) is 11.3 Å². The van der Waals surface area contributed by atoms with E-state index in [1.54, 1.807) is 10.3 Å². The minimum atomic E-state index is 0.540. The van der Waals surface area contributed by atoms with Crippen LogP contribution in [0, 0.1) is 3.82 Å². The van der Waals surface area contributed by atoms with Gasteiger partial charge in [-0.15, -0.1) is 0 Å². The van der Waals surface area contributed by atoms with Gasteiger partial charge >= 0.3 is 0 Å². The Balaban J connectivity index is 2.49. The summed E-state index contributed by atoms with van der Waals surface area (Å²) < 4.78 is 11.3. The summed E-state index contributed by atoms with van der Waals surface area (Å²) in [6, 6.07) is 9.53. The molecule has 0 radical (unpaired) electrons. The fraction of sp³-hybridized carbons (Fsp3) is 0. The van der Waals surface area contributed by atoms with E-state index < -0.39 is 0 Å². The highest BCUT2D eigenvalue weighted by molar-refractivity contribution is 7.74. The fourth-order valence-electron chi connectivity index (χ4n) is 1.02. The molecule has 0 spiro atoms. The summed E-state index contributed by atoms with van der Waals surface area (Å²) in [5.74, 6) is 0. The summed E-state index contributed by atoms with van der Waals surface area (Å²) in [4.78, 5) is 1.12. The molecule has 0 atom stereocenters. The van der Waals surface area contributed by atoms with Crippen molar-refractivity contribution in [1.82, 2.24) is 0 Å². The van der Waals surface area contributed by atoms with E-state index in [1.165, 1.54) is 10.3 Å². The molecule has 0 aliphatic carbocycles. The van der Waals surface area contributed by atoms with Gasteiger partial charge in [0.1, 0.15) is 15.1 Å². The molecule has 14 heavy (non-hydrogen) atoms. The van der Waals surface area contributed by atoms with Crippen molar-refractivity contribution in [2.24, 2.45) is 0 Å². The molecule has 5 heteroatoms. The third-order valence-electron chi connectivity index (χ3n) is 1.67. The highest BCUT2D eigenvalue weighted by Crippen LogP contribution is 2.29.